The zero-order chi connectivity index (χ0) is 15.4. The van der Waals surface area contributed by atoms with Crippen molar-refractivity contribution in [2.75, 3.05) is 6.54 Å². The third-order valence-corrected chi connectivity index (χ3v) is 3.59. The molecule has 0 aliphatic carbocycles. The van der Waals surface area contributed by atoms with Crippen molar-refractivity contribution in [1.82, 2.24) is 15.3 Å². The van der Waals surface area contributed by atoms with Gasteiger partial charge < -0.3 is 9.73 Å². The molecule has 1 unspecified atom stereocenters. The van der Waals surface area contributed by atoms with Crippen LogP contribution in [0.4, 0.5) is 0 Å². The highest BCUT2D eigenvalue weighted by Crippen LogP contribution is 2.21. The predicted molar refractivity (Wildman–Crippen MR) is 85.2 cm³/mol. The van der Waals surface area contributed by atoms with Crippen molar-refractivity contribution >= 4 is 0 Å². The molecular weight excluding hydrogens is 262 g/mol. The smallest absolute Gasteiger partial charge is 0.196 e. The van der Waals surface area contributed by atoms with Gasteiger partial charge in [0.05, 0.1) is 6.26 Å². The van der Waals surface area contributed by atoms with Crippen molar-refractivity contribution in [3.8, 4) is 11.6 Å². The molecular formula is C17H25N3O. The highest BCUT2D eigenvalue weighted by molar-refractivity contribution is 5.48. The van der Waals surface area contributed by atoms with Crippen molar-refractivity contribution in [3.63, 3.8) is 0 Å². The lowest BCUT2D eigenvalue weighted by molar-refractivity contribution is 0.473. The molecule has 1 N–H and O–H groups in total. The molecule has 4 nitrogen and oxygen atoms in total. The zero-order valence-corrected chi connectivity index (χ0v) is 13.6. The molecule has 0 spiro atoms. The molecule has 0 aliphatic rings. The van der Waals surface area contributed by atoms with E-state index in [9.17, 15) is 0 Å². The van der Waals surface area contributed by atoms with Crippen LogP contribution in [0.1, 0.15) is 37.7 Å². The number of hydrogen-bond donors (Lipinski definition) is 1. The molecule has 0 amide bonds. The largest absolute Gasteiger partial charge is 0.461 e. The second-order valence-electron chi connectivity index (χ2n) is 6.05. The molecule has 2 rings (SSSR count). The summed E-state index contributed by atoms with van der Waals surface area (Å²) >= 11 is 0. The van der Waals surface area contributed by atoms with Crippen LogP contribution in [0.5, 0.6) is 0 Å². The second kappa shape index (κ2) is 6.85. The Hall–Kier alpha value is -1.68. The SMILES string of the molecule is Cc1nc(-c2ccco2)nc(C)c1CC(C)CNC(C)C. The summed E-state index contributed by atoms with van der Waals surface area (Å²) in [5.41, 5.74) is 3.35. The van der Waals surface area contributed by atoms with Crippen LogP contribution in [0, 0.1) is 19.8 Å². The Labute approximate surface area is 127 Å². The molecule has 0 bridgehead atoms. The normalized spacial score (nSPS) is 12.9. The van der Waals surface area contributed by atoms with E-state index in [0.717, 1.165) is 30.1 Å². The molecule has 0 saturated heterocycles. The van der Waals surface area contributed by atoms with Crippen molar-refractivity contribution in [2.24, 2.45) is 5.92 Å². The van der Waals surface area contributed by atoms with Gasteiger partial charge >= 0.3 is 0 Å². The number of aryl methyl sites for hydroxylation is 2. The van der Waals surface area contributed by atoms with Crippen molar-refractivity contribution in [2.45, 2.75) is 47.1 Å². The molecule has 0 saturated carbocycles. The molecule has 2 aromatic rings. The molecule has 2 aromatic heterocycles. The van der Waals surface area contributed by atoms with Gasteiger partial charge in [0.2, 0.25) is 0 Å². The van der Waals surface area contributed by atoms with E-state index in [4.69, 9.17) is 4.42 Å². The lowest BCUT2D eigenvalue weighted by atomic mass is 9.98. The van der Waals surface area contributed by atoms with Crippen molar-refractivity contribution < 1.29 is 4.42 Å². The summed E-state index contributed by atoms with van der Waals surface area (Å²) in [5, 5.41) is 3.48. The molecule has 0 radical (unpaired) electrons. The van der Waals surface area contributed by atoms with E-state index < -0.39 is 0 Å². The fourth-order valence-corrected chi connectivity index (χ4v) is 2.41. The van der Waals surface area contributed by atoms with Crippen LogP contribution in [0.3, 0.4) is 0 Å². The van der Waals surface area contributed by atoms with E-state index in [0.29, 0.717) is 17.8 Å². The minimum atomic E-state index is 0.521. The summed E-state index contributed by atoms with van der Waals surface area (Å²) in [5.74, 6) is 1.96. The molecule has 0 aliphatic heterocycles. The van der Waals surface area contributed by atoms with Gasteiger partial charge in [-0.25, -0.2) is 9.97 Å². The van der Waals surface area contributed by atoms with Gasteiger partial charge in [-0.05, 0) is 50.4 Å². The van der Waals surface area contributed by atoms with Crippen LogP contribution < -0.4 is 5.32 Å². The monoisotopic (exact) mass is 287 g/mol. The molecule has 114 valence electrons. The average Bonchev–Trinajstić information content (AvgIpc) is 2.94. The molecule has 4 heteroatoms. The summed E-state index contributed by atoms with van der Waals surface area (Å²) < 4.78 is 5.38. The quantitative estimate of drug-likeness (QED) is 0.883. The highest BCUT2D eigenvalue weighted by atomic mass is 16.3. The minimum absolute atomic E-state index is 0.521. The Morgan fingerprint density at radius 2 is 1.81 bits per heavy atom. The number of nitrogens with zero attached hydrogens (tertiary/aromatic N) is 2. The third kappa shape index (κ3) is 4.14. The molecule has 0 fully saturated rings. The van der Waals surface area contributed by atoms with E-state index >= 15 is 0 Å². The average molecular weight is 287 g/mol. The molecule has 1 atom stereocenters. The van der Waals surface area contributed by atoms with E-state index in [2.05, 4.69) is 49.9 Å². The van der Waals surface area contributed by atoms with E-state index in [1.165, 1.54) is 5.56 Å². The highest BCUT2D eigenvalue weighted by Gasteiger charge is 2.14. The van der Waals surface area contributed by atoms with Crippen molar-refractivity contribution in [1.29, 1.82) is 0 Å². The summed E-state index contributed by atoms with van der Waals surface area (Å²) in [6, 6.07) is 4.27. The first-order chi connectivity index (χ1) is 9.97. The maximum atomic E-state index is 5.38. The van der Waals surface area contributed by atoms with Crippen molar-refractivity contribution in [3.05, 3.63) is 35.3 Å². The number of furan rings is 1. The second-order valence-corrected chi connectivity index (χ2v) is 6.05. The van der Waals surface area contributed by atoms with E-state index in [-0.39, 0.29) is 0 Å². The third-order valence-electron chi connectivity index (χ3n) is 3.59. The van der Waals surface area contributed by atoms with Gasteiger partial charge in [0.25, 0.3) is 0 Å². The van der Waals surface area contributed by atoms with Crippen LogP contribution in [0.25, 0.3) is 11.6 Å². The minimum Gasteiger partial charge on any atom is -0.461 e. The summed E-state index contributed by atoms with van der Waals surface area (Å²) in [6.45, 7) is 11.7. The Bertz CT molecular complexity index is 553. The summed E-state index contributed by atoms with van der Waals surface area (Å²) in [6.07, 6.45) is 2.65. The van der Waals surface area contributed by atoms with Crippen LogP contribution >= 0.6 is 0 Å². The Morgan fingerprint density at radius 3 is 2.33 bits per heavy atom. The number of nitrogens with one attached hydrogen (secondary N) is 1. The topological polar surface area (TPSA) is 51.0 Å². The molecule has 2 heterocycles. The van der Waals surface area contributed by atoms with Gasteiger partial charge in [0, 0.05) is 17.4 Å². The molecule has 21 heavy (non-hydrogen) atoms. The first-order valence-electron chi connectivity index (χ1n) is 7.58. The fraction of sp³-hybridized carbons (Fsp3) is 0.529. The standard InChI is InChI=1S/C17H25N3O/c1-11(2)18-10-12(3)9-15-13(4)19-17(20-14(15)5)16-7-6-8-21-16/h6-8,11-12,18H,9-10H2,1-5H3. The first-order valence-corrected chi connectivity index (χ1v) is 7.58. The van der Waals surface area contributed by atoms with Gasteiger partial charge in [-0.1, -0.05) is 20.8 Å². The van der Waals surface area contributed by atoms with E-state index in [1.807, 2.05) is 12.1 Å². The van der Waals surface area contributed by atoms with E-state index in [1.54, 1.807) is 6.26 Å². The Morgan fingerprint density at radius 1 is 1.14 bits per heavy atom. The number of aromatic nitrogens is 2. The van der Waals surface area contributed by atoms with Crippen LogP contribution in [0.15, 0.2) is 22.8 Å². The summed E-state index contributed by atoms with van der Waals surface area (Å²) in [7, 11) is 0. The summed E-state index contributed by atoms with van der Waals surface area (Å²) in [4.78, 5) is 9.20. The van der Waals surface area contributed by atoms with Gasteiger partial charge in [-0.2, -0.15) is 0 Å². The molecule has 0 aromatic carbocycles. The van der Waals surface area contributed by atoms with Gasteiger partial charge in [-0.3, -0.25) is 0 Å². The van der Waals surface area contributed by atoms with Gasteiger partial charge in [0.1, 0.15) is 0 Å². The fourth-order valence-electron chi connectivity index (χ4n) is 2.41. The Kier molecular flexibility index (Phi) is 5.12. The maximum Gasteiger partial charge on any atom is 0.196 e. The van der Waals surface area contributed by atoms with Gasteiger partial charge in [0.15, 0.2) is 11.6 Å². The first kappa shape index (κ1) is 15.7. The maximum absolute atomic E-state index is 5.38. The van der Waals surface area contributed by atoms with Crippen LogP contribution in [-0.2, 0) is 6.42 Å². The Balaban J connectivity index is 2.14. The number of hydrogen-bond acceptors (Lipinski definition) is 4. The lowest BCUT2D eigenvalue weighted by Gasteiger charge is -2.17. The van der Waals surface area contributed by atoms with Crippen LogP contribution in [-0.4, -0.2) is 22.6 Å². The zero-order valence-electron chi connectivity index (χ0n) is 13.6. The van der Waals surface area contributed by atoms with Gasteiger partial charge in [-0.15, -0.1) is 0 Å². The lowest BCUT2D eigenvalue weighted by Crippen LogP contribution is -2.29. The van der Waals surface area contributed by atoms with Crippen LogP contribution in [0.2, 0.25) is 0 Å². The predicted octanol–water partition coefficient (Wildman–Crippen LogP) is 3.53. The number of rotatable bonds is 6.